The summed E-state index contributed by atoms with van der Waals surface area (Å²) in [4.78, 5) is 0. The summed E-state index contributed by atoms with van der Waals surface area (Å²) in [7, 11) is -4.01. The SMILES string of the molecule is CCCC(c1[c]cccc1)S(=O)(=O)O. The summed E-state index contributed by atoms with van der Waals surface area (Å²) in [6.45, 7) is 1.88. The Morgan fingerprint density at radius 2 is 2.21 bits per heavy atom. The Kier molecular flexibility index (Phi) is 3.66. The molecule has 0 bridgehead atoms. The van der Waals surface area contributed by atoms with Gasteiger partial charge in [0.1, 0.15) is 5.25 Å². The van der Waals surface area contributed by atoms with E-state index in [0.29, 0.717) is 18.4 Å². The summed E-state index contributed by atoms with van der Waals surface area (Å²) in [6, 6.07) is 9.62. The van der Waals surface area contributed by atoms with Crippen molar-refractivity contribution >= 4 is 10.1 Å². The van der Waals surface area contributed by atoms with Gasteiger partial charge in [0.25, 0.3) is 10.1 Å². The topological polar surface area (TPSA) is 54.4 Å². The van der Waals surface area contributed by atoms with Crippen molar-refractivity contribution < 1.29 is 13.0 Å². The first kappa shape index (κ1) is 11.2. The second kappa shape index (κ2) is 4.57. The largest absolute Gasteiger partial charge is 0.285 e. The van der Waals surface area contributed by atoms with Crippen molar-refractivity contribution in [3.63, 3.8) is 0 Å². The van der Waals surface area contributed by atoms with Gasteiger partial charge in [-0.05, 0) is 18.1 Å². The van der Waals surface area contributed by atoms with Gasteiger partial charge >= 0.3 is 0 Å². The van der Waals surface area contributed by atoms with Crippen LogP contribution in [0.1, 0.15) is 30.6 Å². The molecule has 14 heavy (non-hydrogen) atoms. The van der Waals surface area contributed by atoms with Crippen LogP contribution in [0, 0.1) is 6.07 Å². The second-order valence-electron chi connectivity index (χ2n) is 3.11. The molecule has 1 unspecified atom stereocenters. The number of hydrogen-bond donors (Lipinski definition) is 1. The molecule has 1 N–H and O–H groups in total. The molecule has 0 fully saturated rings. The zero-order valence-corrected chi connectivity index (χ0v) is 8.79. The lowest BCUT2D eigenvalue weighted by molar-refractivity contribution is 0.463. The summed E-state index contributed by atoms with van der Waals surface area (Å²) in [6.07, 6.45) is 1.12. The molecular weight excluding hydrogens is 200 g/mol. The average molecular weight is 213 g/mol. The Bertz CT molecular complexity index is 370. The molecule has 1 aromatic carbocycles. The lowest BCUT2D eigenvalue weighted by Crippen LogP contribution is -2.11. The molecule has 1 rings (SSSR count). The lowest BCUT2D eigenvalue weighted by atomic mass is 10.1. The van der Waals surface area contributed by atoms with Crippen LogP contribution in [-0.2, 0) is 10.1 Å². The van der Waals surface area contributed by atoms with Crippen LogP contribution >= 0.6 is 0 Å². The lowest BCUT2D eigenvalue weighted by Gasteiger charge is -2.12. The maximum Gasteiger partial charge on any atom is 0.272 e. The van der Waals surface area contributed by atoms with Crippen molar-refractivity contribution in [1.82, 2.24) is 0 Å². The third-order valence-corrected chi connectivity index (χ3v) is 3.20. The van der Waals surface area contributed by atoms with Gasteiger partial charge in [-0.25, -0.2) is 0 Å². The van der Waals surface area contributed by atoms with Crippen LogP contribution in [0.2, 0.25) is 0 Å². The van der Waals surface area contributed by atoms with Gasteiger partial charge < -0.3 is 0 Å². The third kappa shape index (κ3) is 2.82. The van der Waals surface area contributed by atoms with Crippen molar-refractivity contribution in [2.45, 2.75) is 25.0 Å². The molecule has 77 valence electrons. The highest BCUT2D eigenvalue weighted by molar-refractivity contribution is 7.86. The molecule has 0 saturated heterocycles. The predicted molar refractivity (Wildman–Crippen MR) is 54.5 cm³/mol. The first-order valence-electron chi connectivity index (χ1n) is 4.48. The second-order valence-corrected chi connectivity index (χ2v) is 4.71. The van der Waals surface area contributed by atoms with Crippen LogP contribution in [0.25, 0.3) is 0 Å². The molecule has 0 aliphatic rings. The predicted octanol–water partition coefficient (Wildman–Crippen LogP) is 2.22. The Hall–Kier alpha value is -0.870. The summed E-state index contributed by atoms with van der Waals surface area (Å²) >= 11 is 0. The Morgan fingerprint density at radius 1 is 1.50 bits per heavy atom. The van der Waals surface area contributed by atoms with E-state index in [0.717, 1.165) is 0 Å². The minimum Gasteiger partial charge on any atom is -0.285 e. The van der Waals surface area contributed by atoms with Crippen molar-refractivity contribution in [3.8, 4) is 0 Å². The minimum absolute atomic E-state index is 0.416. The fourth-order valence-electron chi connectivity index (χ4n) is 1.33. The standard InChI is InChI=1S/C10H13O3S/c1-2-6-10(14(11,12)13)9-7-4-3-5-8-9/h3-5,7,10H,2,6H2,1H3,(H,11,12,13). The van der Waals surface area contributed by atoms with Crippen LogP contribution in [0.5, 0.6) is 0 Å². The Labute approximate surface area is 84.5 Å². The number of benzene rings is 1. The molecule has 1 atom stereocenters. The van der Waals surface area contributed by atoms with E-state index < -0.39 is 15.4 Å². The highest BCUT2D eigenvalue weighted by Crippen LogP contribution is 2.25. The Balaban J connectivity index is 3.02. The monoisotopic (exact) mass is 213 g/mol. The molecule has 0 amide bonds. The van der Waals surface area contributed by atoms with E-state index >= 15 is 0 Å². The van der Waals surface area contributed by atoms with Crippen LogP contribution in [0.4, 0.5) is 0 Å². The summed E-state index contributed by atoms with van der Waals surface area (Å²) < 4.78 is 31.1. The highest BCUT2D eigenvalue weighted by atomic mass is 32.2. The van der Waals surface area contributed by atoms with Gasteiger partial charge in [0.15, 0.2) is 0 Å². The minimum atomic E-state index is -4.01. The molecule has 0 aliphatic heterocycles. The number of hydrogen-bond acceptors (Lipinski definition) is 2. The van der Waals surface area contributed by atoms with Crippen LogP contribution in [0.15, 0.2) is 24.3 Å². The van der Waals surface area contributed by atoms with E-state index in [1.165, 1.54) is 0 Å². The first-order valence-corrected chi connectivity index (χ1v) is 5.99. The summed E-state index contributed by atoms with van der Waals surface area (Å²) in [5, 5.41) is -0.839. The van der Waals surface area contributed by atoms with Gasteiger partial charge in [-0.1, -0.05) is 37.6 Å². The van der Waals surface area contributed by atoms with Gasteiger partial charge in [0, 0.05) is 0 Å². The fraction of sp³-hybridized carbons (Fsp3) is 0.400. The molecule has 0 spiro atoms. The van der Waals surface area contributed by atoms with Crippen molar-refractivity contribution in [3.05, 3.63) is 35.9 Å². The van der Waals surface area contributed by atoms with E-state index in [4.69, 9.17) is 4.55 Å². The third-order valence-electron chi connectivity index (χ3n) is 1.99. The molecular formula is C10H13O3S. The maximum absolute atomic E-state index is 11.1. The quantitative estimate of drug-likeness (QED) is 0.780. The average Bonchev–Trinajstić information content (AvgIpc) is 2.14. The van der Waals surface area contributed by atoms with Gasteiger partial charge in [0.2, 0.25) is 0 Å². The molecule has 0 aliphatic carbocycles. The molecule has 0 aromatic heterocycles. The van der Waals surface area contributed by atoms with Crippen molar-refractivity contribution in [1.29, 1.82) is 0 Å². The van der Waals surface area contributed by atoms with Crippen molar-refractivity contribution in [2.75, 3.05) is 0 Å². The van der Waals surface area contributed by atoms with Crippen LogP contribution < -0.4 is 0 Å². The smallest absolute Gasteiger partial charge is 0.272 e. The number of rotatable bonds is 4. The zero-order chi connectivity index (χ0) is 10.6. The molecule has 0 saturated carbocycles. The van der Waals surface area contributed by atoms with Gasteiger partial charge in [0.05, 0.1) is 0 Å². The summed E-state index contributed by atoms with van der Waals surface area (Å²) in [5.74, 6) is 0. The van der Waals surface area contributed by atoms with Crippen LogP contribution in [-0.4, -0.2) is 13.0 Å². The fourth-order valence-corrected chi connectivity index (χ4v) is 2.34. The van der Waals surface area contributed by atoms with Gasteiger partial charge in [-0.15, -0.1) is 0 Å². The van der Waals surface area contributed by atoms with E-state index in [1.807, 2.05) is 6.92 Å². The van der Waals surface area contributed by atoms with Gasteiger partial charge in [-0.2, -0.15) is 8.42 Å². The Morgan fingerprint density at radius 3 is 2.64 bits per heavy atom. The van der Waals surface area contributed by atoms with Crippen molar-refractivity contribution in [2.24, 2.45) is 0 Å². The first-order chi connectivity index (χ1) is 6.55. The highest BCUT2D eigenvalue weighted by Gasteiger charge is 2.23. The van der Waals surface area contributed by atoms with Crippen LogP contribution in [0.3, 0.4) is 0 Å². The van der Waals surface area contributed by atoms with E-state index in [9.17, 15) is 8.42 Å². The molecule has 0 heterocycles. The van der Waals surface area contributed by atoms with Gasteiger partial charge in [-0.3, -0.25) is 4.55 Å². The van der Waals surface area contributed by atoms with E-state index in [2.05, 4.69) is 6.07 Å². The molecule has 1 radical (unpaired) electrons. The maximum atomic E-state index is 11.1. The van der Waals surface area contributed by atoms with E-state index in [1.54, 1.807) is 24.3 Å². The summed E-state index contributed by atoms with van der Waals surface area (Å²) in [5.41, 5.74) is 0.525. The van der Waals surface area contributed by atoms with E-state index in [-0.39, 0.29) is 0 Å². The molecule has 3 nitrogen and oxygen atoms in total. The normalized spacial score (nSPS) is 13.9. The zero-order valence-electron chi connectivity index (χ0n) is 7.97. The molecule has 4 heteroatoms. The molecule has 1 aromatic rings.